The van der Waals surface area contributed by atoms with E-state index >= 15 is 0 Å². The second-order valence-corrected chi connectivity index (χ2v) is 4.12. The number of hydrogen-bond donors (Lipinski definition) is 1. The van der Waals surface area contributed by atoms with Gasteiger partial charge in [0.15, 0.2) is 0 Å². The largest absolute Gasteiger partial charge is 0.481 e. The predicted octanol–water partition coefficient (Wildman–Crippen LogP) is 1.83. The average Bonchev–Trinajstić information content (AvgIpc) is 2.78. The number of carboxylic acid groups (broad SMARTS) is 1. The fraction of sp³-hybridized carbons (Fsp3) is 0.538. The van der Waals surface area contributed by atoms with Gasteiger partial charge in [-0.2, -0.15) is 0 Å². The molecule has 100 valence electrons. The summed E-state index contributed by atoms with van der Waals surface area (Å²) in [4.78, 5) is 24.4. The van der Waals surface area contributed by atoms with E-state index in [9.17, 15) is 9.59 Å². The number of nitrogens with zero attached hydrogens (tertiary/aromatic N) is 2. The summed E-state index contributed by atoms with van der Waals surface area (Å²) in [6.45, 7) is 5.47. The molecule has 0 atom stereocenters. The van der Waals surface area contributed by atoms with Crippen molar-refractivity contribution in [3.8, 4) is 0 Å². The molecule has 1 aromatic rings. The number of rotatable bonds is 7. The van der Waals surface area contributed by atoms with E-state index in [1.54, 1.807) is 11.0 Å². The molecule has 0 aliphatic heterocycles. The average molecular weight is 252 g/mol. The van der Waals surface area contributed by atoms with Crippen LogP contribution in [0.4, 0.5) is 0 Å². The first kappa shape index (κ1) is 14.3. The Morgan fingerprint density at radius 1 is 1.39 bits per heavy atom. The topological polar surface area (TPSA) is 62.5 Å². The molecule has 1 aromatic heterocycles. The van der Waals surface area contributed by atoms with Crippen molar-refractivity contribution in [2.24, 2.45) is 0 Å². The van der Waals surface area contributed by atoms with Crippen molar-refractivity contribution in [1.82, 2.24) is 9.47 Å². The van der Waals surface area contributed by atoms with E-state index in [4.69, 9.17) is 5.11 Å². The van der Waals surface area contributed by atoms with Crippen LogP contribution in [0.15, 0.2) is 18.3 Å². The minimum absolute atomic E-state index is 0.0198. The summed E-state index contributed by atoms with van der Waals surface area (Å²) in [6, 6.07) is 3.62. The van der Waals surface area contributed by atoms with E-state index in [0.29, 0.717) is 12.2 Å². The summed E-state index contributed by atoms with van der Waals surface area (Å²) in [5.41, 5.74) is 0.629. The zero-order valence-electron chi connectivity index (χ0n) is 10.9. The fourth-order valence-corrected chi connectivity index (χ4v) is 1.84. The van der Waals surface area contributed by atoms with Crippen LogP contribution in [-0.4, -0.2) is 39.5 Å². The van der Waals surface area contributed by atoms with Crippen molar-refractivity contribution < 1.29 is 14.7 Å². The Kier molecular flexibility index (Phi) is 5.42. The van der Waals surface area contributed by atoms with Crippen LogP contribution in [0.1, 0.15) is 37.2 Å². The van der Waals surface area contributed by atoms with Gasteiger partial charge in [-0.1, -0.05) is 6.92 Å². The lowest BCUT2D eigenvalue weighted by molar-refractivity contribution is -0.137. The summed E-state index contributed by atoms with van der Waals surface area (Å²) in [5.74, 6) is -0.984. The molecule has 1 heterocycles. The van der Waals surface area contributed by atoms with Gasteiger partial charge in [0.05, 0.1) is 6.42 Å². The van der Waals surface area contributed by atoms with Gasteiger partial charge in [0.2, 0.25) is 0 Å². The molecule has 0 saturated carbocycles. The Morgan fingerprint density at radius 3 is 2.67 bits per heavy atom. The third kappa shape index (κ3) is 3.61. The standard InChI is InChI=1S/C13H20N2O3/c1-3-8-15-9-5-6-11(15)13(18)14(4-2)10-7-12(16)17/h5-6,9H,3-4,7-8,10H2,1-2H3,(H,16,17). The van der Waals surface area contributed by atoms with Gasteiger partial charge in [0.25, 0.3) is 5.91 Å². The molecule has 0 aromatic carbocycles. The van der Waals surface area contributed by atoms with Gasteiger partial charge in [-0.25, -0.2) is 0 Å². The lowest BCUT2D eigenvalue weighted by atomic mass is 10.3. The van der Waals surface area contributed by atoms with Gasteiger partial charge in [0.1, 0.15) is 5.69 Å². The minimum Gasteiger partial charge on any atom is -0.481 e. The summed E-state index contributed by atoms with van der Waals surface area (Å²) in [5, 5.41) is 8.67. The minimum atomic E-state index is -0.884. The second kappa shape index (κ2) is 6.83. The first-order valence-corrected chi connectivity index (χ1v) is 6.26. The van der Waals surface area contributed by atoms with Crippen LogP contribution in [0.25, 0.3) is 0 Å². The number of carbonyl (C=O) groups excluding carboxylic acids is 1. The Morgan fingerprint density at radius 2 is 2.11 bits per heavy atom. The molecule has 18 heavy (non-hydrogen) atoms. The van der Waals surface area contributed by atoms with Gasteiger partial charge in [0, 0.05) is 25.8 Å². The molecule has 0 saturated heterocycles. The smallest absolute Gasteiger partial charge is 0.305 e. The number of aromatic nitrogens is 1. The molecule has 0 unspecified atom stereocenters. The number of hydrogen-bond acceptors (Lipinski definition) is 2. The van der Waals surface area contributed by atoms with Crippen molar-refractivity contribution in [3.05, 3.63) is 24.0 Å². The number of aliphatic carboxylic acids is 1. The van der Waals surface area contributed by atoms with Crippen molar-refractivity contribution in [2.45, 2.75) is 33.2 Å². The number of carboxylic acids is 1. The summed E-state index contributed by atoms with van der Waals surface area (Å²) < 4.78 is 1.91. The highest BCUT2D eigenvalue weighted by Gasteiger charge is 2.17. The van der Waals surface area contributed by atoms with E-state index in [-0.39, 0.29) is 18.9 Å². The van der Waals surface area contributed by atoms with Crippen molar-refractivity contribution >= 4 is 11.9 Å². The van der Waals surface area contributed by atoms with Crippen LogP contribution >= 0.6 is 0 Å². The first-order chi connectivity index (χ1) is 8.60. The lowest BCUT2D eigenvalue weighted by Gasteiger charge is -2.20. The van der Waals surface area contributed by atoms with Gasteiger partial charge < -0.3 is 14.6 Å². The highest BCUT2D eigenvalue weighted by molar-refractivity contribution is 5.93. The molecule has 0 fully saturated rings. The van der Waals surface area contributed by atoms with Crippen LogP contribution in [0.2, 0.25) is 0 Å². The van der Waals surface area contributed by atoms with Crippen molar-refractivity contribution in [3.63, 3.8) is 0 Å². The summed E-state index contributed by atoms with van der Waals surface area (Å²) >= 11 is 0. The zero-order valence-corrected chi connectivity index (χ0v) is 10.9. The van der Waals surface area contributed by atoms with E-state index in [1.807, 2.05) is 23.8 Å². The van der Waals surface area contributed by atoms with E-state index < -0.39 is 5.97 Å². The Labute approximate surface area is 107 Å². The summed E-state index contributed by atoms with van der Waals surface area (Å²) in [6.07, 6.45) is 2.81. The Balaban J connectivity index is 2.76. The third-order valence-corrected chi connectivity index (χ3v) is 2.78. The molecule has 0 spiro atoms. The molecule has 0 radical (unpaired) electrons. The molecule has 1 amide bonds. The monoisotopic (exact) mass is 252 g/mol. The molecular weight excluding hydrogens is 232 g/mol. The highest BCUT2D eigenvalue weighted by Crippen LogP contribution is 2.08. The first-order valence-electron chi connectivity index (χ1n) is 6.26. The normalized spacial score (nSPS) is 10.3. The van der Waals surface area contributed by atoms with Gasteiger partial charge >= 0.3 is 5.97 Å². The van der Waals surface area contributed by atoms with E-state index in [1.165, 1.54) is 0 Å². The van der Waals surface area contributed by atoms with Crippen molar-refractivity contribution in [1.29, 1.82) is 0 Å². The fourth-order valence-electron chi connectivity index (χ4n) is 1.84. The maximum absolute atomic E-state index is 12.3. The van der Waals surface area contributed by atoms with Crippen LogP contribution < -0.4 is 0 Å². The van der Waals surface area contributed by atoms with Crippen LogP contribution in [0.3, 0.4) is 0 Å². The van der Waals surface area contributed by atoms with Gasteiger partial charge in [-0.3, -0.25) is 9.59 Å². The Hall–Kier alpha value is -1.78. The number of carbonyl (C=O) groups is 2. The molecule has 0 aliphatic carbocycles. The SMILES string of the molecule is CCCn1cccc1C(=O)N(CC)CCC(=O)O. The van der Waals surface area contributed by atoms with Crippen LogP contribution in [0.5, 0.6) is 0 Å². The van der Waals surface area contributed by atoms with Gasteiger partial charge in [-0.05, 0) is 25.5 Å². The molecule has 0 bridgehead atoms. The second-order valence-electron chi connectivity index (χ2n) is 4.12. The molecule has 5 heteroatoms. The summed E-state index contributed by atoms with van der Waals surface area (Å²) in [7, 11) is 0. The highest BCUT2D eigenvalue weighted by atomic mass is 16.4. The maximum atomic E-state index is 12.3. The third-order valence-electron chi connectivity index (χ3n) is 2.78. The van der Waals surface area contributed by atoms with Crippen molar-refractivity contribution in [2.75, 3.05) is 13.1 Å². The lowest BCUT2D eigenvalue weighted by Crippen LogP contribution is -2.34. The number of amides is 1. The molecule has 1 rings (SSSR count). The Bertz CT molecular complexity index is 412. The van der Waals surface area contributed by atoms with Crippen LogP contribution in [0, 0.1) is 0 Å². The molecule has 5 nitrogen and oxygen atoms in total. The van der Waals surface area contributed by atoms with E-state index in [0.717, 1.165) is 13.0 Å². The van der Waals surface area contributed by atoms with Gasteiger partial charge in [-0.15, -0.1) is 0 Å². The maximum Gasteiger partial charge on any atom is 0.305 e. The molecule has 0 aliphatic rings. The van der Waals surface area contributed by atoms with Crippen LogP contribution in [-0.2, 0) is 11.3 Å². The molecule has 1 N–H and O–H groups in total. The molecular formula is C13H20N2O3. The zero-order chi connectivity index (χ0) is 13.5. The predicted molar refractivity (Wildman–Crippen MR) is 68.6 cm³/mol. The number of aryl methyl sites for hydroxylation is 1. The van der Waals surface area contributed by atoms with E-state index in [2.05, 4.69) is 6.92 Å². The quantitative estimate of drug-likeness (QED) is 0.805.